The zero-order valence-electron chi connectivity index (χ0n) is 15.1. The molecule has 0 spiro atoms. The van der Waals surface area contributed by atoms with Gasteiger partial charge in [0.25, 0.3) is 5.56 Å². The van der Waals surface area contributed by atoms with Crippen LogP contribution in [0.2, 0.25) is 0 Å². The summed E-state index contributed by atoms with van der Waals surface area (Å²) in [5.41, 5.74) is 0.893. The Kier molecular flexibility index (Phi) is 5.91. The first-order valence-electron chi connectivity index (χ1n) is 8.62. The number of carbonyl (C=O) groups excluding carboxylic acids is 1. The summed E-state index contributed by atoms with van der Waals surface area (Å²) in [6.45, 7) is 4.56. The number of benzene rings is 2. The molecule has 3 aromatic rings. The van der Waals surface area contributed by atoms with E-state index in [9.17, 15) is 14.0 Å². The quantitative estimate of drug-likeness (QED) is 0.516. The normalized spacial score (nSPS) is 11.1. The lowest BCUT2D eigenvalue weighted by Crippen LogP contribution is -2.26. The van der Waals surface area contributed by atoms with Crippen molar-refractivity contribution in [3.05, 3.63) is 64.7 Å². The predicted molar refractivity (Wildman–Crippen MR) is 107 cm³/mol. The number of nitrogens with one attached hydrogen (secondary N) is 1. The van der Waals surface area contributed by atoms with Gasteiger partial charge in [-0.15, -0.1) is 0 Å². The predicted octanol–water partition coefficient (Wildman–Crippen LogP) is 3.92. The monoisotopic (exact) mass is 385 g/mol. The van der Waals surface area contributed by atoms with Crippen LogP contribution in [0.3, 0.4) is 0 Å². The van der Waals surface area contributed by atoms with E-state index in [0.717, 1.165) is 0 Å². The van der Waals surface area contributed by atoms with Crippen LogP contribution in [0.1, 0.15) is 13.8 Å². The molecule has 1 amide bonds. The van der Waals surface area contributed by atoms with Gasteiger partial charge in [0.15, 0.2) is 5.16 Å². The van der Waals surface area contributed by atoms with Crippen LogP contribution in [0.15, 0.2) is 58.5 Å². The summed E-state index contributed by atoms with van der Waals surface area (Å²) in [6.07, 6.45) is 0. The molecule has 0 atom stereocenters. The van der Waals surface area contributed by atoms with E-state index < -0.39 is 5.82 Å². The number of para-hydroxylation sites is 1. The average Bonchev–Trinajstić information content (AvgIpc) is 2.62. The Balaban J connectivity index is 1.82. The zero-order chi connectivity index (χ0) is 19.4. The van der Waals surface area contributed by atoms with Crippen molar-refractivity contribution in [1.82, 2.24) is 9.55 Å². The number of hydrogen-bond donors (Lipinski definition) is 1. The summed E-state index contributed by atoms with van der Waals surface area (Å²) < 4.78 is 14.8. The number of halogens is 1. The molecule has 0 radical (unpaired) electrons. The molecule has 1 N–H and O–H groups in total. The number of aromatic nitrogens is 2. The van der Waals surface area contributed by atoms with Crippen LogP contribution >= 0.6 is 11.8 Å². The maximum atomic E-state index is 13.2. The molecule has 140 valence electrons. The van der Waals surface area contributed by atoms with E-state index in [1.165, 1.54) is 30.0 Å². The fraction of sp³-hybridized carbons (Fsp3) is 0.250. The topological polar surface area (TPSA) is 64.0 Å². The van der Waals surface area contributed by atoms with Gasteiger partial charge in [-0.25, -0.2) is 9.37 Å². The summed E-state index contributed by atoms with van der Waals surface area (Å²) in [5, 5.41) is 3.71. The summed E-state index contributed by atoms with van der Waals surface area (Å²) in [5.74, 6) is -0.378. The minimum Gasteiger partial charge on any atom is -0.325 e. The number of carbonyl (C=O) groups is 1. The number of thioether (sulfide) groups is 1. The van der Waals surface area contributed by atoms with Crippen molar-refractivity contribution < 1.29 is 9.18 Å². The third-order valence-corrected chi connectivity index (χ3v) is 4.79. The molecular weight excluding hydrogens is 365 g/mol. The highest BCUT2D eigenvalue weighted by molar-refractivity contribution is 7.99. The first-order chi connectivity index (χ1) is 12.9. The molecular formula is C20H20FN3O2S. The van der Waals surface area contributed by atoms with Gasteiger partial charge in [0.05, 0.1) is 16.7 Å². The first-order valence-corrected chi connectivity index (χ1v) is 9.60. The average molecular weight is 385 g/mol. The van der Waals surface area contributed by atoms with Crippen molar-refractivity contribution in [2.24, 2.45) is 5.92 Å². The van der Waals surface area contributed by atoms with E-state index in [2.05, 4.69) is 10.3 Å². The molecule has 0 unspecified atom stereocenters. The molecule has 0 saturated heterocycles. The minimum absolute atomic E-state index is 0.0688. The van der Waals surface area contributed by atoms with Crippen molar-refractivity contribution >= 4 is 34.3 Å². The van der Waals surface area contributed by atoms with Crippen LogP contribution in [0, 0.1) is 11.7 Å². The molecule has 0 bridgehead atoms. The number of anilines is 1. The summed E-state index contributed by atoms with van der Waals surface area (Å²) in [7, 11) is 0. The second-order valence-corrected chi connectivity index (χ2v) is 7.51. The van der Waals surface area contributed by atoms with Gasteiger partial charge >= 0.3 is 0 Å². The van der Waals surface area contributed by atoms with E-state index >= 15 is 0 Å². The SMILES string of the molecule is CC(C)Cn1c(SCC(=O)Nc2cccc(F)c2)nc2ccccc2c1=O. The number of rotatable bonds is 6. The van der Waals surface area contributed by atoms with Crippen molar-refractivity contribution in [2.75, 3.05) is 11.1 Å². The van der Waals surface area contributed by atoms with Crippen molar-refractivity contribution in [3.8, 4) is 0 Å². The lowest BCUT2D eigenvalue weighted by atomic mass is 10.2. The highest BCUT2D eigenvalue weighted by Crippen LogP contribution is 2.19. The molecule has 5 nitrogen and oxygen atoms in total. The fourth-order valence-corrected chi connectivity index (χ4v) is 3.49. The van der Waals surface area contributed by atoms with Crippen molar-refractivity contribution in [3.63, 3.8) is 0 Å². The maximum absolute atomic E-state index is 13.2. The molecule has 0 saturated carbocycles. The molecule has 0 aliphatic heterocycles. The Morgan fingerprint density at radius 2 is 2.00 bits per heavy atom. The van der Waals surface area contributed by atoms with E-state index in [1.807, 2.05) is 26.0 Å². The lowest BCUT2D eigenvalue weighted by Gasteiger charge is -2.14. The maximum Gasteiger partial charge on any atom is 0.262 e. The highest BCUT2D eigenvalue weighted by atomic mass is 32.2. The molecule has 1 aromatic heterocycles. The molecule has 27 heavy (non-hydrogen) atoms. The number of nitrogens with zero attached hydrogens (tertiary/aromatic N) is 2. The van der Waals surface area contributed by atoms with E-state index in [1.54, 1.807) is 22.8 Å². The Morgan fingerprint density at radius 1 is 1.22 bits per heavy atom. The third-order valence-electron chi connectivity index (χ3n) is 3.82. The van der Waals surface area contributed by atoms with Crippen LogP contribution in [0.4, 0.5) is 10.1 Å². The van der Waals surface area contributed by atoms with Gasteiger partial charge in [-0.2, -0.15) is 0 Å². The number of fused-ring (bicyclic) bond motifs is 1. The zero-order valence-corrected chi connectivity index (χ0v) is 15.9. The van der Waals surface area contributed by atoms with Crippen LogP contribution in [-0.2, 0) is 11.3 Å². The highest BCUT2D eigenvalue weighted by Gasteiger charge is 2.14. The third kappa shape index (κ3) is 4.74. The van der Waals surface area contributed by atoms with Gasteiger partial charge < -0.3 is 5.32 Å². The Labute approximate surface area is 160 Å². The number of hydrogen-bond acceptors (Lipinski definition) is 4. The van der Waals surface area contributed by atoms with Crippen LogP contribution in [0.5, 0.6) is 0 Å². The summed E-state index contributed by atoms with van der Waals surface area (Å²) in [6, 6.07) is 12.9. The molecule has 2 aromatic carbocycles. The first kappa shape index (κ1) is 19.1. The van der Waals surface area contributed by atoms with E-state index in [0.29, 0.717) is 28.3 Å². The number of amides is 1. The van der Waals surface area contributed by atoms with Gasteiger partial charge in [-0.05, 0) is 36.2 Å². The second kappa shape index (κ2) is 8.35. The van der Waals surface area contributed by atoms with Gasteiger partial charge in [0.2, 0.25) is 5.91 Å². The Hall–Kier alpha value is -2.67. The minimum atomic E-state index is -0.414. The fourth-order valence-electron chi connectivity index (χ4n) is 2.68. The molecule has 3 rings (SSSR count). The molecule has 1 heterocycles. The van der Waals surface area contributed by atoms with E-state index in [4.69, 9.17) is 0 Å². The summed E-state index contributed by atoms with van der Waals surface area (Å²) >= 11 is 1.20. The van der Waals surface area contributed by atoms with Gasteiger partial charge in [0.1, 0.15) is 5.82 Å². The summed E-state index contributed by atoms with van der Waals surface area (Å²) in [4.78, 5) is 29.6. The molecule has 0 fully saturated rings. The Morgan fingerprint density at radius 3 is 2.74 bits per heavy atom. The second-order valence-electron chi connectivity index (χ2n) is 6.57. The van der Waals surface area contributed by atoms with Gasteiger partial charge in [0, 0.05) is 12.2 Å². The largest absolute Gasteiger partial charge is 0.325 e. The van der Waals surface area contributed by atoms with Crippen LogP contribution in [0.25, 0.3) is 10.9 Å². The van der Waals surface area contributed by atoms with Gasteiger partial charge in [-0.1, -0.05) is 43.8 Å². The Bertz CT molecular complexity index is 1030. The lowest BCUT2D eigenvalue weighted by molar-refractivity contribution is -0.113. The van der Waals surface area contributed by atoms with Gasteiger partial charge in [-0.3, -0.25) is 14.2 Å². The molecule has 0 aliphatic carbocycles. The van der Waals surface area contributed by atoms with Crippen molar-refractivity contribution in [2.45, 2.75) is 25.5 Å². The van der Waals surface area contributed by atoms with Crippen LogP contribution in [-0.4, -0.2) is 21.2 Å². The standard InChI is InChI=1S/C20H20FN3O2S/c1-13(2)11-24-19(26)16-8-3-4-9-17(16)23-20(24)27-12-18(25)22-15-7-5-6-14(21)10-15/h3-10,13H,11-12H2,1-2H3,(H,22,25). The van der Waals surface area contributed by atoms with Crippen molar-refractivity contribution in [1.29, 1.82) is 0 Å². The van der Waals surface area contributed by atoms with Crippen LogP contribution < -0.4 is 10.9 Å². The molecule has 0 aliphatic rings. The molecule has 7 heteroatoms. The van der Waals surface area contributed by atoms with E-state index in [-0.39, 0.29) is 23.1 Å². The smallest absolute Gasteiger partial charge is 0.262 e.